The van der Waals surface area contributed by atoms with Gasteiger partial charge in [0, 0.05) is 21.7 Å². The molecule has 0 atom stereocenters. The SMILES string of the molecule is [GeH4].[KH].[LiH].[Ti]. The summed E-state index contributed by atoms with van der Waals surface area (Å²) in [6.45, 7) is 0. The molecular formula is H6GeKLiTi. The van der Waals surface area contributed by atoms with Gasteiger partial charge in [0.25, 0.3) is 0 Å². The minimum Gasteiger partial charge on any atom is 0 e. The Kier molecular flexibility index (Phi) is 104. The minimum absolute atomic E-state index is 0. The molecule has 16 valence electrons. The van der Waals surface area contributed by atoms with Crippen molar-refractivity contribution in [1.82, 2.24) is 0 Å². The van der Waals surface area contributed by atoms with Gasteiger partial charge in [0.1, 0.15) is 0 Å². The monoisotopic (exact) mass is 174 g/mol. The van der Waals surface area contributed by atoms with Crippen molar-refractivity contribution in [3.63, 3.8) is 0 Å². The first-order valence-electron chi connectivity index (χ1n) is 0. The molecule has 0 aliphatic rings. The smallest absolute Gasteiger partial charge is 0 e. The van der Waals surface area contributed by atoms with E-state index in [0.717, 1.165) is 0 Å². The van der Waals surface area contributed by atoms with Gasteiger partial charge < -0.3 is 0 Å². The largest absolute Gasteiger partial charge is 0 e. The van der Waals surface area contributed by atoms with Crippen LogP contribution < -0.4 is 0 Å². The van der Waals surface area contributed by atoms with Gasteiger partial charge in [-0.2, -0.15) is 0 Å². The van der Waals surface area contributed by atoms with Crippen LogP contribution in [-0.4, -0.2) is 87.8 Å². The molecular weight excluding hydrogens is 167 g/mol. The Morgan fingerprint density at radius 2 is 1.00 bits per heavy atom. The number of rotatable bonds is 0. The fraction of sp³-hybridized carbons (Fsp3) is 0. The Hall–Kier alpha value is 3.49. The molecule has 0 aliphatic carbocycles. The van der Waals surface area contributed by atoms with E-state index in [1.165, 1.54) is 0 Å². The first-order chi connectivity index (χ1) is 0. The summed E-state index contributed by atoms with van der Waals surface area (Å²) in [4.78, 5) is 0. The van der Waals surface area contributed by atoms with Crippen LogP contribution in [0.2, 0.25) is 0 Å². The maximum atomic E-state index is 0. The molecule has 0 saturated heterocycles. The van der Waals surface area contributed by atoms with Gasteiger partial charge in [0.05, 0.1) is 0 Å². The molecule has 0 rings (SSSR count). The van der Waals surface area contributed by atoms with Crippen LogP contribution in [0.4, 0.5) is 0 Å². The van der Waals surface area contributed by atoms with Crippen LogP contribution in [0.25, 0.3) is 0 Å². The predicted octanol–water partition coefficient (Wildman–Crippen LogP) is -2.75. The van der Waals surface area contributed by atoms with Gasteiger partial charge >= 0.3 is 87.8 Å². The van der Waals surface area contributed by atoms with E-state index in [4.69, 9.17) is 0 Å². The molecule has 0 aliphatic heterocycles. The fourth-order valence-electron chi connectivity index (χ4n) is 0. The van der Waals surface area contributed by atoms with Gasteiger partial charge in [-0.1, -0.05) is 0 Å². The summed E-state index contributed by atoms with van der Waals surface area (Å²) in [5, 5.41) is 0. The van der Waals surface area contributed by atoms with Crippen molar-refractivity contribution in [3.05, 3.63) is 0 Å². The van der Waals surface area contributed by atoms with Crippen LogP contribution >= 0.6 is 0 Å². The molecule has 0 bridgehead atoms. The van der Waals surface area contributed by atoms with Crippen LogP contribution in [0.5, 0.6) is 0 Å². The summed E-state index contributed by atoms with van der Waals surface area (Å²) in [5.74, 6) is 0. The Balaban J connectivity index is 0. The van der Waals surface area contributed by atoms with Gasteiger partial charge in [-0.15, -0.1) is 0 Å². The molecule has 0 heterocycles. The predicted molar refractivity (Wildman–Crippen MR) is 25.6 cm³/mol. The molecule has 0 unspecified atom stereocenters. The zero-order valence-electron chi connectivity index (χ0n) is 0.500. The van der Waals surface area contributed by atoms with Crippen LogP contribution in [0, 0.1) is 0 Å². The van der Waals surface area contributed by atoms with Crippen molar-refractivity contribution in [1.29, 1.82) is 0 Å². The first kappa shape index (κ1) is 25.9. The number of hydrogen-bond acceptors (Lipinski definition) is 0. The first-order valence-corrected chi connectivity index (χ1v) is 0. The van der Waals surface area contributed by atoms with E-state index in [1.807, 2.05) is 0 Å². The van der Waals surface area contributed by atoms with E-state index in [2.05, 4.69) is 0 Å². The van der Waals surface area contributed by atoms with Crippen molar-refractivity contribution >= 4 is 87.8 Å². The standard InChI is InChI=1S/GeH4.K.Li.Ti.2H/h1H4;;;;;. The van der Waals surface area contributed by atoms with E-state index in [1.54, 1.807) is 0 Å². The third kappa shape index (κ3) is 9.09. The van der Waals surface area contributed by atoms with E-state index < -0.39 is 0 Å². The van der Waals surface area contributed by atoms with Crippen molar-refractivity contribution in [2.24, 2.45) is 0 Å². The Morgan fingerprint density at radius 1 is 1.00 bits per heavy atom. The molecule has 0 radical (unpaired) electrons. The molecule has 0 fully saturated rings. The van der Waals surface area contributed by atoms with Gasteiger partial charge in [-0.05, 0) is 0 Å². The van der Waals surface area contributed by atoms with Crippen molar-refractivity contribution in [2.45, 2.75) is 0 Å². The summed E-state index contributed by atoms with van der Waals surface area (Å²) in [6.07, 6.45) is 0. The molecule has 0 N–H and O–H groups in total. The van der Waals surface area contributed by atoms with E-state index in [-0.39, 0.29) is 110 Å². The molecule has 0 nitrogen and oxygen atoms in total. The molecule has 0 aromatic heterocycles. The average molecular weight is 173 g/mol. The summed E-state index contributed by atoms with van der Waals surface area (Å²) in [6, 6.07) is 0. The number of hydrogen-bond donors (Lipinski definition) is 0. The topological polar surface area (TPSA) is 0 Å². The van der Waals surface area contributed by atoms with Gasteiger partial charge in [0.2, 0.25) is 0 Å². The fourth-order valence-corrected chi connectivity index (χ4v) is 0. The third-order valence-electron chi connectivity index (χ3n) is 0. The van der Waals surface area contributed by atoms with Crippen LogP contribution in [0.1, 0.15) is 0 Å². The summed E-state index contributed by atoms with van der Waals surface area (Å²) >= 11 is 0. The Bertz CT molecular complexity index is 8.00. The minimum atomic E-state index is 0. The van der Waals surface area contributed by atoms with Crippen LogP contribution in [-0.2, 0) is 21.7 Å². The van der Waals surface area contributed by atoms with Gasteiger partial charge in [-0.25, -0.2) is 0 Å². The molecule has 0 amide bonds. The second-order valence-corrected chi connectivity index (χ2v) is 0. The van der Waals surface area contributed by atoms with E-state index in [9.17, 15) is 0 Å². The van der Waals surface area contributed by atoms with Crippen LogP contribution in [0.15, 0.2) is 0 Å². The quantitative estimate of drug-likeness (QED) is 0.348. The molecule has 0 spiro atoms. The van der Waals surface area contributed by atoms with E-state index >= 15 is 0 Å². The zero-order valence-corrected chi connectivity index (χ0v) is 2.06. The van der Waals surface area contributed by atoms with Crippen molar-refractivity contribution in [3.8, 4) is 0 Å². The normalized spacial score (nSPS) is 0. The zero-order chi connectivity index (χ0) is 0. The molecule has 0 aromatic rings. The molecule has 4 heteroatoms. The molecule has 0 aromatic carbocycles. The third-order valence-corrected chi connectivity index (χ3v) is 0. The van der Waals surface area contributed by atoms with E-state index in [0.29, 0.717) is 0 Å². The maximum absolute atomic E-state index is 0. The van der Waals surface area contributed by atoms with Gasteiger partial charge in [-0.3, -0.25) is 0 Å². The molecule has 0 saturated carbocycles. The van der Waals surface area contributed by atoms with Crippen molar-refractivity contribution < 1.29 is 21.7 Å². The second-order valence-electron chi connectivity index (χ2n) is 0. The second kappa shape index (κ2) is 16.1. The summed E-state index contributed by atoms with van der Waals surface area (Å²) in [7, 11) is 0. The molecule has 4 heavy (non-hydrogen) atoms. The van der Waals surface area contributed by atoms with Gasteiger partial charge in [0.15, 0.2) is 0 Å². The Morgan fingerprint density at radius 3 is 1.00 bits per heavy atom. The van der Waals surface area contributed by atoms with Crippen molar-refractivity contribution in [2.75, 3.05) is 0 Å². The maximum Gasteiger partial charge on any atom is 0 e. The average Bonchev–Trinajstić information content (AvgIpc) is 0. The Labute approximate surface area is 107 Å². The van der Waals surface area contributed by atoms with Crippen LogP contribution in [0.3, 0.4) is 0 Å². The summed E-state index contributed by atoms with van der Waals surface area (Å²) < 4.78 is 0. The summed E-state index contributed by atoms with van der Waals surface area (Å²) in [5.41, 5.74) is 0.